The molecule has 1 aromatic carbocycles. The minimum Gasteiger partial charge on any atom is -0.493 e. The van der Waals surface area contributed by atoms with Crippen LogP contribution in [0.4, 0.5) is 11.6 Å². The number of anilines is 2. The summed E-state index contributed by atoms with van der Waals surface area (Å²) in [5.41, 5.74) is 9.90. The number of nitrogens with zero attached hydrogens (tertiary/aromatic N) is 4. The van der Waals surface area contributed by atoms with E-state index in [9.17, 15) is 4.79 Å². The predicted molar refractivity (Wildman–Crippen MR) is 124 cm³/mol. The second kappa shape index (κ2) is 9.22. The minimum atomic E-state index is -0.280. The van der Waals surface area contributed by atoms with Crippen LogP contribution in [0.2, 0.25) is 5.02 Å². The van der Waals surface area contributed by atoms with E-state index in [4.69, 9.17) is 26.6 Å². The van der Waals surface area contributed by atoms with Gasteiger partial charge in [-0.2, -0.15) is 0 Å². The molecule has 3 heterocycles. The van der Waals surface area contributed by atoms with Crippen LogP contribution < -0.4 is 21.1 Å². The van der Waals surface area contributed by atoms with Crippen molar-refractivity contribution in [2.24, 2.45) is 0 Å². The maximum atomic E-state index is 11.9. The van der Waals surface area contributed by atoms with Crippen LogP contribution in [-0.4, -0.2) is 39.4 Å². The summed E-state index contributed by atoms with van der Waals surface area (Å²) in [6, 6.07) is 1.61. The average molecular weight is 472 g/mol. The molecule has 2 atom stereocenters. The molecule has 4 rings (SSSR count). The Bertz CT molecular complexity index is 1200. The van der Waals surface area contributed by atoms with Crippen molar-refractivity contribution in [1.29, 1.82) is 0 Å². The van der Waals surface area contributed by atoms with Gasteiger partial charge in [-0.3, -0.25) is 4.79 Å². The molecule has 0 bridgehead atoms. The van der Waals surface area contributed by atoms with Crippen LogP contribution in [0.5, 0.6) is 5.75 Å². The number of carbonyl (C=O) groups is 1. The zero-order valence-electron chi connectivity index (χ0n) is 18.9. The van der Waals surface area contributed by atoms with Crippen molar-refractivity contribution < 1.29 is 14.1 Å². The number of rotatable bonds is 7. The van der Waals surface area contributed by atoms with Gasteiger partial charge in [0.2, 0.25) is 5.91 Å². The molecule has 0 radical (unpaired) electrons. The van der Waals surface area contributed by atoms with Gasteiger partial charge in [0.05, 0.1) is 12.6 Å². The van der Waals surface area contributed by atoms with Gasteiger partial charge in [0, 0.05) is 40.3 Å². The first-order chi connectivity index (χ1) is 15.8. The first kappa shape index (κ1) is 22.8. The number of hydrogen-bond donors (Lipinski definition) is 3. The number of nitrogens with two attached hydrogens (primary N) is 1. The van der Waals surface area contributed by atoms with Crippen LogP contribution in [0, 0.1) is 13.8 Å². The first-order valence-corrected chi connectivity index (χ1v) is 11.1. The van der Waals surface area contributed by atoms with Gasteiger partial charge in [0.1, 0.15) is 35.0 Å². The number of hydrogen-bond acceptors (Lipinski definition) is 9. The van der Waals surface area contributed by atoms with Crippen molar-refractivity contribution in [1.82, 2.24) is 25.7 Å². The number of aryl methyl sites for hydroxylation is 1. The topological polar surface area (TPSA) is 141 Å². The van der Waals surface area contributed by atoms with E-state index in [1.807, 2.05) is 26.8 Å². The van der Waals surface area contributed by atoms with Gasteiger partial charge in [-0.05, 0) is 39.3 Å². The Hall–Kier alpha value is -3.40. The molecule has 1 unspecified atom stereocenters. The van der Waals surface area contributed by atoms with E-state index < -0.39 is 0 Å². The summed E-state index contributed by atoms with van der Waals surface area (Å²) < 4.78 is 11.4. The maximum absolute atomic E-state index is 11.9. The highest BCUT2D eigenvalue weighted by Gasteiger charge is 2.31. The Labute approximate surface area is 196 Å². The fourth-order valence-electron chi connectivity index (χ4n) is 4.17. The predicted octanol–water partition coefficient (Wildman–Crippen LogP) is 3.55. The van der Waals surface area contributed by atoms with Gasteiger partial charge < -0.3 is 25.6 Å². The number of ether oxygens (including phenoxy) is 1. The monoisotopic (exact) mass is 471 g/mol. The van der Waals surface area contributed by atoms with E-state index in [-0.39, 0.29) is 23.7 Å². The number of nitrogens with one attached hydrogen (secondary N) is 2. The Morgan fingerprint density at radius 2 is 2.18 bits per heavy atom. The zero-order chi connectivity index (χ0) is 23.7. The standard InChI is InChI=1S/C22H26ClN7O3/c1-5-32-20-14(7-15(23)10(2)17(20)13-6-16(31)25-8-13)11(3)28-22-18(21(24)26-9-27-22)19-12(4)29-30-33-19/h7,9,11,13H,5-6,8H2,1-4H3,(H,25,31)(H3,24,26,27,28)/t11-,13?/m0/s1. The SMILES string of the molecule is CCOc1c([C@H](C)Nc2ncnc(N)c2-c2onnc2C)cc(Cl)c(C)c1C1CNC(=O)C1. The van der Waals surface area contributed by atoms with Crippen LogP contribution in [0.25, 0.3) is 11.3 Å². The molecule has 10 nitrogen and oxygen atoms in total. The first-order valence-electron chi connectivity index (χ1n) is 10.7. The molecule has 174 valence electrons. The van der Waals surface area contributed by atoms with E-state index in [0.717, 1.165) is 22.4 Å². The quantitative estimate of drug-likeness (QED) is 0.471. The van der Waals surface area contributed by atoms with Gasteiger partial charge in [0.25, 0.3) is 0 Å². The van der Waals surface area contributed by atoms with Crippen molar-refractivity contribution in [3.05, 3.63) is 39.8 Å². The lowest BCUT2D eigenvalue weighted by atomic mass is 9.89. The molecule has 1 fully saturated rings. The van der Waals surface area contributed by atoms with Gasteiger partial charge in [0.15, 0.2) is 5.76 Å². The molecule has 1 aliphatic heterocycles. The summed E-state index contributed by atoms with van der Waals surface area (Å²) >= 11 is 6.65. The summed E-state index contributed by atoms with van der Waals surface area (Å²) in [7, 11) is 0. The summed E-state index contributed by atoms with van der Waals surface area (Å²) in [5, 5.41) is 14.4. The third-order valence-corrected chi connectivity index (χ3v) is 6.19. The molecule has 1 saturated heterocycles. The maximum Gasteiger partial charge on any atom is 0.220 e. The molecule has 0 aliphatic carbocycles. The number of aromatic nitrogens is 4. The summed E-state index contributed by atoms with van der Waals surface area (Å²) in [5.74, 6) is 1.83. The molecule has 0 saturated carbocycles. The van der Waals surface area contributed by atoms with Gasteiger partial charge in [-0.15, -0.1) is 5.10 Å². The molecule has 1 aliphatic rings. The Morgan fingerprint density at radius 1 is 1.39 bits per heavy atom. The van der Waals surface area contributed by atoms with Crippen LogP contribution in [-0.2, 0) is 4.79 Å². The van der Waals surface area contributed by atoms with Crippen molar-refractivity contribution >= 4 is 29.1 Å². The van der Waals surface area contributed by atoms with E-state index in [2.05, 4.69) is 31.0 Å². The molecular formula is C22H26ClN7O3. The fourth-order valence-corrected chi connectivity index (χ4v) is 4.39. The molecular weight excluding hydrogens is 446 g/mol. The fraction of sp³-hybridized carbons (Fsp3) is 0.409. The molecule has 3 aromatic rings. The van der Waals surface area contributed by atoms with Crippen LogP contribution in [0.1, 0.15) is 54.6 Å². The molecule has 11 heteroatoms. The van der Waals surface area contributed by atoms with Crippen molar-refractivity contribution in [2.45, 2.75) is 46.1 Å². The summed E-state index contributed by atoms with van der Waals surface area (Å²) in [6.45, 7) is 8.63. The number of amides is 1. The Morgan fingerprint density at radius 3 is 2.82 bits per heavy atom. The second-order valence-corrected chi connectivity index (χ2v) is 8.40. The highest BCUT2D eigenvalue weighted by molar-refractivity contribution is 6.31. The second-order valence-electron chi connectivity index (χ2n) is 7.99. The van der Waals surface area contributed by atoms with Crippen LogP contribution in [0.3, 0.4) is 0 Å². The number of nitrogen functional groups attached to an aromatic ring is 1. The highest BCUT2D eigenvalue weighted by atomic mass is 35.5. The van der Waals surface area contributed by atoms with E-state index in [1.54, 1.807) is 6.92 Å². The molecule has 0 spiro atoms. The number of carbonyl (C=O) groups excluding carboxylic acids is 1. The Balaban J connectivity index is 1.78. The summed E-state index contributed by atoms with van der Waals surface area (Å²) in [4.78, 5) is 20.4. The Kier molecular flexibility index (Phi) is 6.37. The normalized spacial score (nSPS) is 16.5. The highest BCUT2D eigenvalue weighted by Crippen LogP contribution is 2.43. The van der Waals surface area contributed by atoms with E-state index in [0.29, 0.717) is 47.4 Å². The van der Waals surface area contributed by atoms with Crippen molar-refractivity contribution in [3.63, 3.8) is 0 Å². The van der Waals surface area contributed by atoms with Crippen LogP contribution >= 0.6 is 11.6 Å². The number of benzene rings is 1. The van der Waals surface area contributed by atoms with Crippen molar-refractivity contribution in [2.75, 3.05) is 24.2 Å². The lowest BCUT2D eigenvalue weighted by Crippen LogP contribution is -2.16. The molecule has 1 amide bonds. The van der Waals surface area contributed by atoms with E-state index in [1.165, 1.54) is 6.33 Å². The van der Waals surface area contributed by atoms with E-state index >= 15 is 0 Å². The third-order valence-electron chi connectivity index (χ3n) is 5.80. The van der Waals surface area contributed by atoms with Crippen molar-refractivity contribution in [3.8, 4) is 17.1 Å². The minimum absolute atomic E-state index is 0.0168. The summed E-state index contributed by atoms with van der Waals surface area (Å²) in [6.07, 6.45) is 1.77. The smallest absolute Gasteiger partial charge is 0.220 e. The lowest BCUT2D eigenvalue weighted by molar-refractivity contribution is -0.119. The van der Waals surface area contributed by atoms with Gasteiger partial charge in [-0.1, -0.05) is 11.6 Å². The zero-order valence-corrected chi connectivity index (χ0v) is 19.7. The largest absolute Gasteiger partial charge is 0.493 e. The van der Waals surface area contributed by atoms with Gasteiger partial charge in [-0.25, -0.2) is 9.97 Å². The molecule has 4 N–H and O–H groups in total. The molecule has 2 aromatic heterocycles. The lowest BCUT2D eigenvalue weighted by Gasteiger charge is -2.25. The number of halogens is 1. The van der Waals surface area contributed by atoms with Gasteiger partial charge >= 0.3 is 0 Å². The average Bonchev–Trinajstić information content (AvgIpc) is 3.39. The molecule has 33 heavy (non-hydrogen) atoms. The van der Waals surface area contributed by atoms with Crippen LogP contribution in [0.15, 0.2) is 16.9 Å². The third kappa shape index (κ3) is 4.30.